The molecule has 0 aliphatic heterocycles. The fraction of sp³-hybridized carbons (Fsp3) is 0.500. The third-order valence-corrected chi connectivity index (χ3v) is 2.62. The molecular weight excluding hydrogens is 208 g/mol. The van der Waals surface area contributed by atoms with E-state index in [0.717, 1.165) is 12.6 Å². The number of hydrogen-bond donors (Lipinski definition) is 1. The highest BCUT2D eigenvalue weighted by molar-refractivity contribution is 5.85. The number of rotatable bonds is 4. The summed E-state index contributed by atoms with van der Waals surface area (Å²) in [5, 5.41) is 3.51. The first-order chi connectivity index (χ1) is 6.75. The van der Waals surface area contributed by atoms with Crippen molar-refractivity contribution in [3.8, 4) is 0 Å². The lowest BCUT2D eigenvalue weighted by molar-refractivity contribution is 0.688. The van der Waals surface area contributed by atoms with Crippen LogP contribution in [0.25, 0.3) is 0 Å². The fourth-order valence-corrected chi connectivity index (χ4v) is 1.46. The molecule has 1 saturated carbocycles. The van der Waals surface area contributed by atoms with E-state index in [0.29, 0.717) is 0 Å². The molecule has 1 fully saturated rings. The van der Waals surface area contributed by atoms with Crippen molar-refractivity contribution >= 4 is 18.1 Å². The minimum atomic E-state index is 0. The highest BCUT2D eigenvalue weighted by Crippen LogP contribution is 2.19. The van der Waals surface area contributed by atoms with Crippen molar-refractivity contribution < 1.29 is 0 Å². The van der Waals surface area contributed by atoms with Crippen LogP contribution < -0.4 is 10.2 Å². The summed E-state index contributed by atoms with van der Waals surface area (Å²) in [5.74, 6) is 0. The second kappa shape index (κ2) is 5.38. The average molecular weight is 227 g/mol. The lowest BCUT2D eigenvalue weighted by atomic mass is 10.2. The van der Waals surface area contributed by atoms with Gasteiger partial charge in [-0.3, -0.25) is 0 Å². The number of nitrogens with zero attached hydrogens (tertiary/aromatic N) is 1. The van der Waals surface area contributed by atoms with Crippen molar-refractivity contribution in [1.82, 2.24) is 5.32 Å². The SMILES string of the molecule is CN(C)c1ccc(CNC2CC2)cc1.Cl. The number of halogens is 1. The fourth-order valence-electron chi connectivity index (χ4n) is 1.46. The van der Waals surface area contributed by atoms with Gasteiger partial charge < -0.3 is 10.2 Å². The molecule has 1 aromatic carbocycles. The second-order valence-electron chi connectivity index (χ2n) is 4.22. The van der Waals surface area contributed by atoms with E-state index >= 15 is 0 Å². The van der Waals surface area contributed by atoms with Gasteiger partial charge in [0.15, 0.2) is 0 Å². The normalized spacial score (nSPS) is 14.5. The molecule has 2 nitrogen and oxygen atoms in total. The minimum Gasteiger partial charge on any atom is -0.378 e. The van der Waals surface area contributed by atoms with Gasteiger partial charge in [0.05, 0.1) is 0 Å². The Labute approximate surface area is 98.1 Å². The van der Waals surface area contributed by atoms with Crippen molar-refractivity contribution in [1.29, 1.82) is 0 Å². The number of anilines is 1. The molecule has 0 atom stereocenters. The van der Waals surface area contributed by atoms with Gasteiger partial charge in [0.25, 0.3) is 0 Å². The first-order valence-electron chi connectivity index (χ1n) is 5.25. The summed E-state index contributed by atoms with van der Waals surface area (Å²) in [7, 11) is 4.13. The van der Waals surface area contributed by atoms with Crippen molar-refractivity contribution in [2.75, 3.05) is 19.0 Å². The molecule has 0 bridgehead atoms. The highest BCUT2D eigenvalue weighted by Gasteiger charge is 2.19. The van der Waals surface area contributed by atoms with E-state index in [2.05, 4.69) is 48.6 Å². The molecule has 1 N–H and O–H groups in total. The Balaban J connectivity index is 0.00000112. The van der Waals surface area contributed by atoms with E-state index < -0.39 is 0 Å². The van der Waals surface area contributed by atoms with Crippen LogP contribution >= 0.6 is 12.4 Å². The molecule has 0 heterocycles. The van der Waals surface area contributed by atoms with E-state index in [4.69, 9.17) is 0 Å². The largest absolute Gasteiger partial charge is 0.378 e. The molecule has 2 rings (SSSR count). The van der Waals surface area contributed by atoms with Gasteiger partial charge in [0.2, 0.25) is 0 Å². The van der Waals surface area contributed by atoms with Crippen LogP contribution in [0, 0.1) is 0 Å². The molecule has 15 heavy (non-hydrogen) atoms. The first kappa shape index (κ1) is 12.3. The topological polar surface area (TPSA) is 15.3 Å². The van der Waals surface area contributed by atoms with Gasteiger partial charge in [-0.05, 0) is 30.5 Å². The molecule has 0 radical (unpaired) electrons. The van der Waals surface area contributed by atoms with E-state index in [1.165, 1.54) is 24.1 Å². The van der Waals surface area contributed by atoms with Crippen LogP contribution in [0.15, 0.2) is 24.3 Å². The highest BCUT2D eigenvalue weighted by atomic mass is 35.5. The predicted octanol–water partition coefficient (Wildman–Crippen LogP) is 2.43. The average Bonchev–Trinajstić information content (AvgIpc) is 2.99. The zero-order valence-electron chi connectivity index (χ0n) is 9.36. The molecule has 0 unspecified atom stereocenters. The smallest absolute Gasteiger partial charge is 0.0361 e. The van der Waals surface area contributed by atoms with Crippen LogP contribution in [0.5, 0.6) is 0 Å². The predicted molar refractivity (Wildman–Crippen MR) is 67.9 cm³/mol. The van der Waals surface area contributed by atoms with Crippen LogP contribution in [0.2, 0.25) is 0 Å². The Morgan fingerprint density at radius 3 is 2.27 bits per heavy atom. The number of hydrogen-bond acceptors (Lipinski definition) is 2. The van der Waals surface area contributed by atoms with E-state index in [9.17, 15) is 0 Å². The second-order valence-corrected chi connectivity index (χ2v) is 4.22. The summed E-state index contributed by atoms with van der Waals surface area (Å²) < 4.78 is 0. The Kier molecular flexibility index (Phi) is 4.43. The van der Waals surface area contributed by atoms with Crippen LogP contribution in [0.1, 0.15) is 18.4 Å². The Morgan fingerprint density at radius 1 is 1.20 bits per heavy atom. The van der Waals surface area contributed by atoms with Gasteiger partial charge in [-0.15, -0.1) is 12.4 Å². The minimum absolute atomic E-state index is 0. The molecule has 3 heteroatoms. The van der Waals surface area contributed by atoms with Gasteiger partial charge in [-0.25, -0.2) is 0 Å². The van der Waals surface area contributed by atoms with Gasteiger partial charge in [0, 0.05) is 32.4 Å². The van der Waals surface area contributed by atoms with Crippen LogP contribution in [-0.2, 0) is 6.54 Å². The lowest BCUT2D eigenvalue weighted by Gasteiger charge is -2.12. The molecular formula is C12H19ClN2. The van der Waals surface area contributed by atoms with Crippen LogP contribution in [0.4, 0.5) is 5.69 Å². The van der Waals surface area contributed by atoms with Crippen molar-refractivity contribution in [3.63, 3.8) is 0 Å². The third-order valence-electron chi connectivity index (χ3n) is 2.62. The Bertz CT molecular complexity index is 291. The van der Waals surface area contributed by atoms with Gasteiger partial charge >= 0.3 is 0 Å². The summed E-state index contributed by atoms with van der Waals surface area (Å²) in [6, 6.07) is 9.53. The molecule has 84 valence electrons. The van der Waals surface area contributed by atoms with Crippen molar-refractivity contribution in [2.24, 2.45) is 0 Å². The maximum Gasteiger partial charge on any atom is 0.0361 e. The zero-order valence-corrected chi connectivity index (χ0v) is 10.2. The van der Waals surface area contributed by atoms with Crippen LogP contribution in [-0.4, -0.2) is 20.1 Å². The molecule has 0 spiro atoms. The maximum atomic E-state index is 3.51. The molecule has 0 aromatic heterocycles. The third kappa shape index (κ3) is 3.73. The molecule has 1 aliphatic rings. The zero-order chi connectivity index (χ0) is 9.97. The summed E-state index contributed by atoms with van der Waals surface area (Å²) >= 11 is 0. The van der Waals surface area contributed by atoms with E-state index in [-0.39, 0.29) is 12.4 Å². The summed E-state index contributed by atoms with van der Waals surface area (Å²) in [6.45, 7) is 1.01. The summed E-state index contributed by atoms with van der Waals surface area (Å²) in [6.07, 6.45) is 2.71. The summed E-state index contributed by atoms with van der Waals surface area (Å²) in [5.41, 5.74) is 2.64. The van der Waals surface area contributed by atoms with E-state index in [1.54, 1.807) is 0 Å². The maximum absolute atomic E-state index is 3.51. The Morgan fingerprint density at radius 2 is 1.80 bits per heavy atom. The number of nitrogens with one attached hydrogen (secondary N) is 1. The summed E-state index contributed by atoms with van der Waals surface area (Å²) in [4.78, 5) is 2.12. The number of benzene rings is 1. The molecule has 1 aliphatic carbocycles. The first-order valence-corrected chi connectivity index (χ1v) is 5.25. The molecule has 0 saturated heterocycles. The molecule has 1 aromatic rings. The monoisotopic (exact) mass is 226 g/mol. The van der Waals surface area contributed by atoms with Gasteiger partial charge in [0.1, 0.15) is 0 Å². The Hall–Kier alpha value is -0.730. The van der Waals surface area contributed by atoms with Crippen molar-refractivity contribution in [2.45, 2.75) is 25.4 Å². The van der Waals surface area contributed by atoms with E-state index in [1.807, 2.05) is 0 Å². The lowest BCUT2D eigenvalue weighted by Crippen LogP contribution is -2.15. The van der Waals surface area contributed by atoms with Gasteiger partial charge in [-0.1, -0.05) is 12.1 Å². The van der Waals surface area contributed by atoms with Crippen molar-refractivity contribution in [3.05, 3.63) is 29.8 Å². The van der Waals surface area contributed by atoms with Gasteiger partial charge in [-0.2, -0.15) is 0 Å². The quantitative estimate of drug-likeness (QED) is 0.849. The standard InChI is InChI=1S/C12H18N2.ClH/c1-14(2)12-7-3-10(4-8-12)9-13-11-5-6-11;/h3-4,7-8,11,13H,5-6,9H2,1-2H3;1H. The molecule has 0 amide bonds. The van der Waals surface area contributed by atoms with Crippen LogP contribution in [0.3, 0.4) is 0 Å².